The van der Waals surface area contributed by atoms with Gasteiger partial charge in [-0.3, -0.25) is 9.59 Å². The van der Waals surface area contributed by atoms with E-state index in [0.717, 1.165) is 11.8 Å². The van der Waals surface area contributed by atoms with Gasteiger partial charge < -0.3 is 10.6 Å². The molecule has 0 aromatic carbocycles. The van der Waals surface area contributed by atoms with Crippen LogP contribution in [0.3, 0.4) is 0 Å². The fraction of sp³-hybridized carbons (Fsp3) is 0.700. The molecule has 1 saturated heterocycles. The van der Waals surface area contributed by atoms with Crippen molar-refractivity contribution in [1.82, 2.24) is 4.90 Å². The van der Waals surface area contributed by atoms with Crippen molar-refractivity contribution in [3.63, 3.8) is 0 Å². The Bertz CT molecular complexity index is 327. The molecule has 2 N–H and O–H groups in total. The van der Waals surface area contributed by atoms with E-state index in [-0.39, 0.29) is 11.8 Å². The summed E-state index contributed by atoms with van der Waals surface area (Å²) in [7, 11) is 0. The van der Waals surface area contributed by atoms with Crippen LogP contribution in [0.25, 0.3) is 0 Å². The van der Waals surface area contributed by atoms with Crippen LogP contribution in [0.1, 0.15) is 19.8 Å². The third-order valence-electron chi connectivity index (χ3n) is 2.71. The average Bonchev–Trinajstić information content (AvgIpc) is 2.58. The molecule has 1 fully saturated rings. The lowest BCUT2D eigenvalue weighted by molar-refractivity contribution is -0.136. The second kappa shape index (κ2) is 5.75. The molecular formula is C10H15N3O2S. The zero-order chi connectivity index (χ0) is 12.1. The molecular weight excluding hydrogens is 226 g/mol. The highest BCUT2D eigenvalue weighted by Crippen LogP contribution is 2.24. The second-order valence-corrected chi connectivity index (χ2v) is 4.65. The molecule has 0 bridgehead atoms. The molecule has 0 aromatic rings. The highest BCUT2D eigenvalue weighted by atomic mass is 32.2. The Labute approximate surface area is 99.0 Å². The molecule has 1 aliphatic rings. The largest absolute Gasteiger partial charge is 0.368 e. The molecule has 2 atom stereocenters. The van der Waals surface area contributed by atoms with Crippen molar-refractivity contribution in [1.29, 1.82) is 5.26 Å². The predicted octanol–water partition coefficient (Wildman–Crippen LogP) is 0.313. The highest BCUT2D eigenvalue weighted by Gasteiger charge is 2.35. The minimum absolute atomic E-state index is 0.0332. The molecule has 0 spiro atoms. The molecule has 1 rings (SSSR count). The maximum absolute atomic E-state index is 11.7. The number of carbonyl (C=O) groups is 2. The van der Waals surface area contributed by atoms with Crippen molar-refractivity contribution in [3.05, 3.63) is 0 Å². The third kappa shape index (κ3) is 2.89. The number of hydrogen-bond acceptors (Lipinski definition) is 4. The smallest absolute Gasteiger partial charge is 0.240 e. The second-order valence-electron chi connectivity index (χ2n) is 3.84. The zero-order valence-electron chi connectivity index (χ0n) is 9.18. The first kappa shape index (κ1) is 12.8. The molecule has 0 aromatic heterocycles. The van der Waals surface area contributed by atoms with Crippen LogP contribution in [0, 0.1) is 16.6 Å². The van der Waals surface area contributed by atoms with E-state index in [2.05, 4.69) is 0 Å². The van der Waals surface area contributed by atoms with Gasteiger partial charge in [-0.25, -0.2) is 0 Å². The molecule has 6 heteroatoms. The Morgan fingerprint density at radius 2 is 2.50 bits per heavy atom. The van der Waals surface area contributed by atoms with Crippen LogP contribution in [-0.4, -0.2) is 35.1 Å². The van der Waals surface area contributed by atoms with E-state index in [1.165, 1.54) is 0 Å². The van der Waals surface area contributed by atoms with E-state index in [4.69, 9.17) is 11.0 Å². The minimum atomic E-state index is -0.496. The number of nitrogens with two attached hydrogens (primary N) is 1. The zero-order valence-corrected chi connectivity index (χ0v) is 10.00. The number of hydrogen-bond donors (Lipinski definition) is 1. The lowest BCUT2D eigenvalue weighted by atomic mass is 10.1. The van der Waals surface area contributed by atoms with Gasteiger partial charge in [-0.15, -0.1) is 0 Å². The molecule has 5 nitrogen and oxygen atoms in total. The van der Waals surface area contributed by atoms with Crippen molar-refractivity contribution < 1.29 is 9.59 Å². The maximum Gasteiger partial charge on any atom is 0.240 e. The molecule has 88 valence electrons. The molecule has 1 aliphatic heterocycles. The van der Waals surface area contributed by atoms with Gasteiger partial charge in [-0.1, -0.05) is 6.92 Å². The number of thioether (sulfide) groups is 1. The van der Waals surface area contributed by atoms with Crippen LogP contribution in [0.4, 0.5) is 0 Å². The molecule has 0 saturated carbocycles. The summed E-state index contributed by atoms with van der Waals surface area (Å²) >= 11 is 1.15. The van der Waals surface area contributed by atoms with Gasteiger partial charge in [0.15, 0.2) is 0 Å². The summed E-state index contributed by atoms with van der Waals surface area (Å²) < 4.78 is 0. The van der Waals surface area contributed by atoms with Gasteiger partial charge in [-0.05, 0) is 24.1 Å². The maximum atomic E-state index is 11.7. The molecule has 2 amide bonds. The van der Waals surface area contributed by atoms with E-state index in [0.29, 0.717) is 25.1 Å². The standard InChI is InChI=1S/C10H15N3O2S/c1-2-8(10(12)15)13-4-7(3-9(13)14)5-16-6-11/h7-8H,2-5H2,1H3,(H2,12,15)/t7?,8-/m0/s1. The first-order chi connectivity index (χ1) is 7.60. The van der Waals surface area contributed by atoms with Crippen LogP contribution in [0.15, 0.2) is 0 Å². The number of likely N-dealkylation sites (tertiary alicyclic amines) is 1. The number of rotatable bonds is 5. The van der Waals surface area contributed by atoms with Gasteiger partial charge in [-0.2, -0.15) is 5.26 Å². The van der Waals surface area contributed by atoms with E-state index < -0.39 is 11.9 Å². The van der Waals surface area contributed by atoms with E-state index in [1.54, 1.807) is 4.90 Å². The summed E-state index contributed by atoms with van der Waals surface area (Å²) in [5.74, 6) is 0.303. The van der Waals surface area contributed by atoms with Gasteiger partial charge >= 0.3 is 0 Å². The van der Waals surface area contributed by atoms with Crippen molar-refractivity contribution in [2.75, 3.05) is 12.3 Å². The number of nitriles is 1. The van der Waals surface area contributed by atoms with Crippen LogP contribution in [0.2, 0.25) is 0 Å². The Hall–Kier alpha value is -1.22. The predicted molar refractivity (Wildman–Crippen MR) is 61.2 cm³/mol. The molecule has 16 heavy (non-hydrogen) atoms. The monoisotopic (exact) mass is 241 g/mol. The van der Waals surface area contributed by atoms with Crippen molar-refractivity contribution in [3.8, 4) is 5.40 Å². The normalized spacial score (nSPS) is 21.9. The van der Waals surface area contributed by atoms with Crippen LogP contribution < -0.4 is 5.73 Å². The van der Waals surface area contributed by atoms with Crippen LogP contribution in [-0.2, 0) is 9.59 Å². The van der Waals surface area contributed by atoms with Crippen molar-refractivity contribution >= 4 is 23.6 Å². The van der Waals surface area contributed by atoms with Crippen molar-refractivity contribution in [2.24, 2.45) is 11.7 Å². The highest BCUT2D eigenvalue weighted by molar-refractivity contribution is 8.03. The van der Waals surface area contributed by atoms with Gasteiger partial charge in [0, 0.05) is 18.7 Å². The molecule has 0 radical (unpaired) electrons. The van der Waals surface area contributed by atoms with Gasteiger partial charge in [0.05, 0.1) is 0 Å². The number of primary amides is 1. The van der Waals surface area contributed by atoms with Gasteiger partial charge in [0.25, 0.3) is 0 Å². The summed E-state index contributed by atoms with van der Waals surface area (Å²) in [4.78, 5) is 24.4. The number of amides is 2. The number of nitrogens with zero attached hydrogens (tertiary/aromatic N) is 2. The quantitative estimate of drug-likeness (QED) is 0.702. The Morgan fingerprint density at radius 1 is 1.81 bits per heavy atom. The van der Waals surface area contributed by atoms with Gasteiger partial charge in [0.1, 0.15) is 11.4 Å². The summed E-state index contributed by atoms with van der Waals surface area (Å²) in [5.41, 5.74) is 5.24. The van der Waals surface area contributed by atoms with Crippen LogP contribution in [0.5, 0.6) is 0 Å². The number of carbonyl (C=O) groups excluding carboxylic acids is 2. The molecule has 0 aliphatic carbocycles. The summed E-state index contributed by atoms with van der Waals surface area (Å²) in [6.45, 7) is 2.37. The fourth-order valence-electron chi connectivity index (χ4n) is 1.95. The molecule has 1 unspecified atom stereocenters. The fourth-order valence-corrected chi connectivity index (χ4v) is 2.49. The van der Waals surface area contributed by atoms with Crippen LogP contribution >= 0.6 is 11.8 Å². The minimum Gasteiger partial charge on any atom is -0.368 e. The van der Waals surface area contributed by atoms with E-state index >= 15 is 0 Å². The van der Waals surface area contributed by atoms with Crippen molar-refractivity contribution in [2.45, 2.75) is 25.8 Å². The van der Waals surface area contributed by atoms with Gasteiger partial charge in [0.2, 0.25) is 11.8 Å². The Balaban J connectivity index is 2.60. The first-order valence-electron chi connectivity index (χ1n) is 5.19. The Morgan fingerprint density at radius 3 is 3.00 bits per heavy atom. The Kier molecular flexibility index (Phi) is 4.62. The summed E-state index contributed by atoms with van der Waals surface area (Å²) in [6.07, 6.45) is 0.956. The first-order valence-corrected chi connectivity index (χ1v) is 6.18. The van der Waals surface area contributed by atoms with E-state index in [9.17, 15) is 9.59 Å². The summed E-state index contributed by atoms with van der Waals surface area (Å²) in [6, 6.07) is -0.496. The SMILES string of the molecule is CC[C@@H](C(N)=O)N1CC(CSC#N)CC1=O. The third-order valence-corrected chi connectivity index (χ3v) is 3.48. The number of thiocyanates is 1. The average molecular weight is 241 g/mol. The topological polar surface area (TPSA) is 87.2 Å². The lowest BCUT2D eigenvalue weighted by Crippen LogP contribution is -2.45. The molecule has 1 heterocycles. The van der Waals surface area contributed by atoms with E-state index in [1.807, 2.05) is 12.3 Å². The summed E-state index contributed by atoms with van der Waals surface area (Å²) in [5, 5.41) is 10.4. The lowest BCUT2D eigenvalue weighted by Gasteiger charge is -2.24.